The summed E-state index contributed by atoms with van der Waals surface area (Å²) >= 11 is 0. The second-order valence-electron chi connectivity index (χ2n) is 4.57. The molecule has 1 saturated heterocycles. The minimum absolute atomic E-state index is 0. The summed E-state index contributed by atoms with van der Waals surface area (Å²) in [5.74, 6) is -0.423. The second-order valence-corrected chi connectivity index (χ2v) is 4.57. The van der Waals surface area contributed by atoms with Gasteiger partial charge in [0.05, 0.1) is 6.04 Å². The molecular formula is C13H19Cl2F3N2. The molecule has 0 aromatic heterocycles. The summed E-state index contributed by atoms with van der Waals surface area (Å²) in [5.41, 5.74) is 0.835. The van der Waals surface area contributed by atoms with Crippen LogP contribution in [0, 0.1) is 12.7 Å². The maximum absolute atomic E-state index is 13.5. The third-order valence-electron chi connectivity index (χ3n) is 3.32. The van der Waals surface area contributed by atoms with Crippen molar-refractivity contribution in [2.24, 2.45) is 0 Å². The Morgan fingerprint density at radius 3 is 2.25 bits per heavy atom. The summed E-state index contributed by atoms with van der Waals surface area (Å²) in [7, 11) is 0. The molecule has 0 bridgehead atoms. The quantitative estimate of drug-likeness (QED) is 0.915. The minimum Gasteiger partial charge on any atom is -0.314 e. The van der Waals surface area contributed by atoms with Gasteiger partial charge in [0, 0.05) is 26.2 Å². The topological polar surface area (TPSA) is 15.3 Å². The van der Waals surface area contributed by atoms with Crippen molar-refractivity contribution < 1.29 is 13.2 Å². The van der Waals surface area contributed by atoms with Crippen molar-refractivity contribution in [2.75, 3.05) is 26.2 Å². The minimum atomic E-state index is -2.51. The van der Waals surface area contributed by atoms with Crippen molar-refractivity contribution in [1.82, 2.24) is 10.2 Å². The van der Waals surface area contributed by atoms with E-state index in [9.17, 15) is 13.2 Å². The number of rotatable bonds is 3. The molecule has 0 spiro atoms. The molecule has 0 unspecified atom stereocenters. The lowest BCUT2D eigenvalue weighted by Crippen LogP contribution is -2.46. The van der Waals surface area contributed by atoms with Gasteiger partial charge in [0.15, 0.2) is 0 Å². The first-order valence-corrected chi connectivity index (χ1v) is 6.08. The molecule has 2 nitrogen and oxygen atoms in total. The zero-order valence-corrected chi connectivity index (χ0v) is 12.7. The third kappa shape index (κ3) is 4.52. The van der Waals surface area contributed by atoms with E-state index >= 15 is 0 Å². The van der Waals surface area contributed by atoms with E-state index in [4.69, 9.17) is 0 Å². The van der Waals surface area contributed by atoms with Crippen LogP contribution in [0.3, 0.4) is 0 Å². The molecule has 1 fully saturated rings. The molecule has 0 radical (unpaired) electrons. The molecule has 0 saturated carbocycles. The Hall–Kier alpha value is -0.490. The third-order valence-corrected chi connectivity index (χ3v) is 3.32. The molecule has 1 aliphatic heterocycles. The smallest absolute Gasteiger partial charge is 0.258 e. The number of aryl methyl sites for hydroxylation is 1. The van der Waals surface area contributed by atoms with Gasteiger partial charge in [0.1, 0.15) is 5.82 Å². The highest BCUT2D eigenvalue weighted by atomic mass is 35.5. The molecular weight excluding hydrogens is 312 g/mol. The van der Waals surface area contributed by atoms with E-state index in [1.54, 1.807) is 24.0 Å². The summed E-state index contributed by atoms with van der Waals surface area (Å²) < 4.78 is 39.9. The largest absolute Gasteiger partial charge is 0.314 e. The number of nitrogens with one attached hydrogen (secondary N) is 1. The van der Waals surface area contributed by atoms with E-state index in [2.05, 4.69) is 5.32 Å². The van der Waals surface area contributed by atoms with Crippen LogP contribution in [0.15, 0.2) is 18.2 Å². The van der Waals surface area contributed by atoms with Crippen LogP contribution in [-0.4, -0.2) is 37.5 Å². The van der Waals surface area contributed by atoms with Gasteiger partial charge in [-0.1, -0.05) is 12.1 Å². The molecule has 1 aliphatic rings. The molecule has 0 aliphatic carbocycles. The molecule has 2 rings (SSSR count). The van der Waals surface area contributed by atoms with Crippen LogP contribution >= 0.6 is 24.8 Å². The first-order chi connectivity index (χ1) is 8.59. The number of hydrogen-bond acceptors (Lipinski definition) is 2. The average Bonchev–Trinajstić information content (AvgIpc) is 2.35. The van der Waals surface area contributed by atoms with Gasteiger partial charge in [-0.3, -0.25) is 4.90 Å². The molecule has 116 valence electrons. The first-order valence-electron chi connectivity index (χ1n) is 6.08. The van der Waals surface area contributed by atoms with Crippen molar-refractivity contribution in [3.8, 4) is 0 Å². The molecule has 1 N–H and O–H groups in total. The van der Waals surface area contributed by atoms with Crippen molar-refractivity contribution >= 4 is 24.8 Å². The lowest BCUT2D eigenvalue weighted by Gasteiger charge is -2.34. The highest BCUT2D eigenvalue weighted by Gasteiger charge is 2.30. The average molecular weight is 331 g/mol. The second kappa shape index (κ2) is 8.72. The van der Waals surface area contributed by atoms with Gasteiger partial charge in [-0.05, 0) is 24.1 Å². The lowest BCUT2D eigenvalue weighted by molar-refractivity contribution is 0.0180. The number of piperazine rings is 1. The van der Waals surface area contributed by atoms with E-state index in [1.807, 2.05) is 0 Å². The van der Waals surface area contributed by atoms with Crippen LogP contribution in [0.2, 0.25) is 0 Å². The molecule has 7 heteroatoms. The van der Waals surface area contributed by atoms with E-state index in [0.29, 0.717) is 37.3 Å². The standard InChI is InChI=1S/C13H17F3N2.2ClH/c1-9-2-3-10(8-11(9)14)12(13(15)16)18-6-4-17-5-7-18;;/h2-3,8,12-13,17H,4-7H2,1H3;2*1H/t12-;;/m0../s1. The summed E-state index contributed by atoms with van der Waals surface area (Å²) in [6.45, 7) is 4.13. The SMILES string of the molecule is Cc1ccc([C@@H](C(F)F)N2CCNCC2)cc1F.Cl.Cl. The maximum atomic E-state index is 13.5. The molecule has 1 atom stereocenters. The summed E-state index contributed by atoms with van der Waals surface area (Å²) in [5, 5.41) is 3.12. The predicted octanol–water partition coefficient (Wildman–Crippen LogP) is 3.19. The van der Waals surface area contributed by atoms with Crippen molar-refractivity contribution in [1.29, 1.82) is 0 Å². The highest BCUT2D eigenvalue weighted by molar-refractivity contribution is 5.85. The normalized spacial score (nSPS) is 17.2. The van der Waals surface area contributed by atoms with Gasteiger partial charge in [-0.25, -0.2) is 13.2 Å². The predicted molar refractivity (Wildman–Crippen MR) is 78.8 cm³/mol. The Morgan fingerprint density at radius 2 is 1.75 bits per heavy atom. The number of halogens is 5. The van der Waals surface area contributed by atoms with E-state index < -0.39 is 18.3 Å². The highest BCUT2D eigenvalue weighted by Crippen LogP contribution is 2.28. The van der Waals surface area contributed by atoms with Gasteiger partial charge >= 0.3 is 0 Å². The molecule has 1 aromatic carbocycles. The first kappa shape index (κ1) is 19.5. The number of nitrogens with zero attached hydrogens (tertiary/aromatic N) is 1. The molecule has 1 heterocycles. The molecule has 20 heavy (non-hydrogen) atoms. The molecule has 0 amide bonds. The van der Waals surface area contributed by atoms with Gasteiger partial charge < -0.3 is 5.32 Å². The van der Waals surface area contributed by atoms with Crippen LogP contribution in [-0.2, 0) is 0 Å². The van der Waals surface area contributed by atoms with Crippen LogP contribution < -0.4 is 5.32 Å². The Kier molecular flexibility index (Phi) is 8.51. The van der Waals surface area contributed by atoms with Crippen molar-refractivity contribution in [3.05, 3.63) is 35.1 Å². The van der Waals surface area contributed by atoms with Gasteiger partial charge in [-0.2, -0.15) is 0 Å². The lowest BCUT2D eigenvalue weighted by atomic mass is 10.0. The maximum Gasteiger partial charge on any atom is 0.258 e. The van der Waals surface area contributed by atoms with Crippen LogP contribution in [0.1, 0.15) is 17.2 Å². The monoisotopic (exact) mass is 330 g/mol. The zero-order valence-electron chi connectivity index (χ0n) is 11.1. The number of benzene rings is 1. The fourth-order valence-corrected chi connectivity index (χ4v) is 2.27. The Morgan fingerprint density at radius 1 is 1.15 bits per heavy atom. The summed E-state index contributed by atoms with van der Waals surface area (Å²) in [4.78, 5) is 1.71. The Bertz CT molecular complexity index is 413. The number of hydrogen-bond donors (Lipinski definition) is 1. The van der Waals surface area contributed by atoms with Gasteiger partial charge in [0.25, 0.3) is 6.43 Å². The van der Waals surface area contributed by atoms with E-state index in [0.717, 1.165) is 0 Å². The van der Waals surface area contributed by atoms with Crippen LogP contribution in [0.4, 0.5) is 13.2 Å². The summed E-state index contributed by atoms with van der Waals surface area (Å²) in [6, 6.07) is 3.37. The molecule has 1 aromatic rings. The van der Waals surface area contributed by atoms with Gasteiger partial charge in [0.2, 0.25) is 0 Å². The fourth-order valence-electron chi connectivity index (χ4n) is 2.27. The zero-order chi connectivity index (χ0) is 13.1. The van der Waals surface area contributed by atoms with Crippen molar-refractivity contribution in [3.63, 3.8) is 0 Å². The Labute approximate surface area is 129 Å². The fraction of sp³-hybridized carbons (Fsp3) is 0.538. The van der Waals surface area contributed by atoms with Gasteiger partial charge in [-0.15, -0.1) is 24.8 Å². The van der Waals surface area contributed by atoms with E-state index in [1.165, 1.54) is 6.07 Å². The summed E-state index contributed by atoms with van der Waals surface area (Å²) in [6.07, 6.45) is -2.51. The van der Waals surface area contributed by atoms with Crippen LogP contribution in [0.25, 0.3) is 0 Å². The number of alkyl halides is 2. The van der Waals surface area contributed by atoms with E-state index in [-0.39, 0.29) is 24.8 Å². The van der Waals surface area contributed by atoms with Crippen molar-refractivity contribution in [2.45, 2.75) is 19.4 Å². The Balaban J connectivity index is 0.00000180. The van der Waals surface area contributed by atoms with Crippen LogP contribution in [0.5, 0.6) is 0 Å².